The minimum absolute atomic E-state index is 0.242. The molecular formula is C10H16N6O2. The van der Waals surface area contributed by atoms with Gasteiger partial charge in [-0.2, -0.15) is 20.5 Å². The van der Waals surface area contributed by atoms with Crippen molar-refractivity contribution >= 4 is 11.8 Å². The highest BCUT2D eigenvalue weighted by molar-refractivity contribution is 5.82. The Bertz CT molecular complexity index is 378. The molecule has 0 unspecified atom stereocenters. The predicted octanol–water partition coefficient (Wildman–Crippen LogP) is 1.06. The number of hydrogen-bond acceptors (Lipinski definition) is 6. The Labute approximate surface area is 104 Å². The first-order chi connectivity index (χ1) is 8.41. The molecule has 2 N–H and O–H groups in total. The summed E-state index contributed by atoms with van der Waals surface area (Å²) in [6, 6.07) is 0. The SMILES string of the molecule is CC1(CCC(=O)NNC(=O)CCC2(C)N=N2)N=N1. The summed E-state index contributed by atoms with van der Waals surface area (Å²) in [7, 11) is 0. The van der Waals surface area contributed by atoms with Crippen molar-refractivity contribution in [2.45, 2.75) is 50.9 Å². The van der Waals surface area contributed by atoms with E-state index in [1.165, 1.54) is 0 Å². The second kappa shape index (κ2) is 4.43. The minimum Gasteiger partial charge on any atom is -0.273 e. The second-order valence-corrected chi connectivity index (χ2v) is 4.93. The molecule has 8 heteroatoms. The third-order valence-electron chi connectivity index (χ3n) is 2.88. The van der Waals surface area contributed by atoms with Crippen LogP contribution in [0.3, 0.4) is 0 Å². The van der Waals surface area contributed by atoms with Crippen molar-refractivity contribution in [3.8, 4) is 0 Å². The Balaban J connectivity index is 1.53. The van der Waals surface area contributed by atoms with E-state index in [0.29, 0.717) is 12.8 Å². The van der Waals surface area contributed by atoms with Crippen LogP contribution in [-0.4, -0.2) is 23.1 Å². The zero-order valence-electron chi connectivity index (χ0n) is 10.4. The van der Waals surface area contributed by atoms with Crippen LogP contribution in [0.1, 0.15) is 39.5 Å². The number of carbonyl (C=O) groups excluding carboxylic acids is 2. The Hall–Kier alpha value is -1.86. The van der Waals surface area contributed by atoms with Crippen molar-refractivity contribution in [3.05, 3.63) is 0 Å². The van der Waals surface area contributed by atoms with Crippen LogP contribution in [0.5, 0.6) is 0 Å². The topological polar surface area (TPSA) is 108 Å². The van der Waals surface area contributed by atoms with Gasteiger partial charge in [0.1, 0.15) is 0 Å². The average Bonchev–Trinajstić information content (AvgIpc) is 3.23. The molecule has 0 saturated carbocycles. The molecule has 2 rings (SSSR count). The Morgan fingerprint density at radius 3 is 1.44 bits per heavy atom. The maximum atomic E-state index is 11.4. The van der Waals surface area contributed by atoms with Crippen molar-refractivity contribution in [3.63, 3.8) is 0 Å². The van der Waals surface area contributed by atoms with Gasteiger partial charge in [0.2, 0.25) is 11.8 Å². The van der Waals surface area contributed by atoms with Crippen LogP contribution in [0.25, 0.3) is 0 Å². The molecular weight excluding hydrogens is 236 g/mol. The lowest BCUT2D eigenvalue weighted by molar-refractivity contribution is -0.129. The number of hydrazine groups is 1. The quantitative estimate of drug-likeness (QED) is 0.689. The first-order valence-corrected chi connectivity index (χ1v) is 5.87. The zero-order valence-corrected chi connectivity index (χ0v) is 10.4. The fourth-order valence-corrected chi connectivity index (χ4v) is 1.34. The van der Waals surface area contributed by atoms with E-state index < -0.39 is 0 Å². The van der Waals surface area contributed by atoms with Crippen LogP contribution >= 0.6 is 0 Å². The van der Waals surface area contributed by atoms with Gasteiger partial charge in [-0.05, 0) is 13.8 Å². The smallest absolute Gasteiger partial charge is 0.238 e. The number of nitrogens with one attached hydrogen (secondary N) is 2. The van der Waals surface area contributed by atoms with Gasteiger partial charge < -0.3 is 0 Å². The highest BCUT2D eigenvalue weighted by atomic mass is 16.2. The van der Waals surface area contributed by atoms with Gasteiger partial charge in [-0.25, -0.2) is 0 Å². The van der Waals surface area contributed by atoms with Gasteiger partial charge in [0.25, 0.3) is 0 Å². The Morgan fingerprint density at radius 1 is 0.833 bits per heavy atom. The molecule has 0 spiro atoms. The highest BCUT2D eigenvalue weighted by Gasteiger charge is 2.34. The fourth-order valence-electron chi connectivity index (χ4n) is 1.34. The molecule has 18 heavy (non-hydrogen) atoms. The average molecular weight is 252 g/mol. The van der Waals surface area contributed by atoms with Gasteiger partial charge in [-0.3, -0.25) is 20.4 Å². The molecule has 0 saturated heterocycles. The summed E-state index contributed by atoms with van der Waals surface area (Å²) in [5, 5.41) is 15.2. The van der Waals surface area contributed by atoms with Crippen LogP contribution < -0.4 is 10.9 Å². The fraction of sp³-hybridized carbons (Fsp3) is 0.800. The van der Waals surface area contributed by atoms with E-state index in [4.69, 9.17) is 0 Å². The van der Waals surface area contributed by atoms with E-state index in [-0.39, 0.29) is 36.0 Å². The summed E-state index contributed by atoms with van der Waals surface area (Å²) in [5.41, 5.74) is 3.94. The lowest BCUT2D eigenvalue weighted by Crippen LogP contribution is -2.42. The molecule has 0 radical (unpaired) electrons. The predicted molar refractivity (Wildman–Crippen MR) is 61.3 cm³/mol. The number of hydrogen-bond donors (Lipinski definition) is 2. The van der Waals surface area contributed by atoms with E-state index in [9.17, 15) is 9.59 Å². The van der Waals surface area contributed by atoms with Crippen LogP contribution in [0, 0.1) is 0 Å². The molecule has 0 aromatic carbocycles. The number of rotatable bonds is 6. The summed E-state index contributed by atoms with van der Waals surface area (Å²) in [6.45, 7) is 3.70. The molecule has 2 aliphatic rings. The largest absolute Gasteiger partial charge is 0.273 e. The van der Waals surface area contributed by atoms with Crippen LogP contribution in [-0.2, 0) is 9.59 Å². The maximum Gasteiger partial charge on any atom is 0.238 e. The van der Waals surface area contributed by atoms with Crippen molar-refractivity contribution in [1.82, 2.24) is 10.9 Å². The lowest BCUT2D eigenvalue weighted by Gasteiger charge is -2.08. The summed E-state index contributed by atoms with van der Waals surface area (Å²) in [6.07, 6.45) is 1.69. The molecule has 2 amide bonds. The first kappa shape index (κ1) is 12.6. The van der Waals surface area contributed by atoms with E-state index in [1.54, 1.807) is 0 Å². The molecule has 0 fully saturated rings. The number of nitrogens with zero attached hydrogens (tertiary/aromatic N) is 4. The highest BCUT2D eigenvalue weighted by Crippen LogP contribution is 2.32. The van der Waals surface area contributed by atoms with Gasteiger partial charge in [0.05, 0.1) is 0 Å². The van der Waals surface area contributed by atoms with Gasteiger partial charge in [0, 0.05) is 25.7 Å². The van der Waals surface area contributed by atoms with E-state index >= 15 is 0 Å². The van der Waals surface area contributed by atoms with Crippen molar-refractivity contribution in [2.24, 2.45) is 20.5 Å². The minimum atomic E-state index is -0.384. The lowest BCUT2D eigenvalue weighted by atomic mass is 10.1. The van der Waals surface area contributed by atoms with Crippen molar-refractivity contribution in [1.29, 1.82) is 0 Å². The summed E-state index contributed by atoms with van der Waals surface area (Å²) >= 11 is 0. The zero-order chi connectivity index (χ0) is 13.2. The summed E-state index contributed by atoms with van der Waals surface area (Å²) in [4.78, 5) is 22.8. The monoisotopic (exact) mass is 252 g/mol. The standard InChI is InChI=1S/C10H16N6O2/c1-9(13-14-9)5-3-7(17)11-12-8(18)4-6-10(2)15-16-10/h3-6H2,1-2H3,(H,11,17)(H,12,18). The summed E-state index contributed by atoms with van der Waals surface area (Å²) in [5.74, 6) is -0.484. The van der Waals surface area contributed by atoms with E-state index in [1.807, 2.05) is 13.8 Å². The Kier molecular flexibility index (Phi) is 3.10. The van der Waals surface area contributed by atoms with Crippen LogP contribution in [0.15, 0.2) is 20.5 Å². The third kappa shape index (κ3) is 3.86. The molecule has 0 bridgehead atoms. The molecule has 98 valence electrons. The van der Waals surface area contributed by atoms with Crippen LogP contribution in [0.2, 0.25) is 0 Å². The van der Waals surface area contributed by atoms with E-state index in [2.05, 4.69) is 31.3 Å². The van der Waals surface area contributed by atoms with Gasteiger partial charge in [-0.1, -0.05) is 0 Å². The normalized spacial score (nSPS) is 20.3. The molecule has 0 aliphatic carbocycles. The van der Waals surface area contributed by atoms with Crippen molar-refractivity contribution < 1.29 is 9.59 Å². The number of amides is 2. The van der Waals surface area contributed by atoms with Gasteiger partial charge in [0.15, 0.2) is 11.3 Å². The van der Waals surface area contributed by atoms with Gasteiger partial charge >= 0.3 is 0 Å². The van der Waals surface area contributed by atoms with Gasteiger partial charge in [-0.15, -0.1) is 0 Å². The first-order valence-electron chi connectivity index (χ1n) is 5.87. The summed E-state index contributed by atoms with van der Waals surface area (Å²) < 4.78 is 0. The van der Waals surface area contributed by atoms with E-state index in [0.717, 1.165) is 0 Å². The van der Waals surface area contributed by atoms with Crippen LogP contribution in [0.4, 0.5) is 0 Å². The molecule has 2 aliphatic heterocycles. The second-order valence-electron chi connectivity index (χ2n) is 4.93. The molecule has 0 aromatic heterocycles. The molecule has 8 nitrogen and oxygen atoms in total. The van der Waals surface area contributed by atoms with Crippen molar-refractivity contribution in [2.75, 3.05) is 0 Å². The molecule has 2 heterocycles. The third-order valence-corrected chi connectivity index (χ3v) is 2.88. The maximum absolute atomic E-state index is 11.4. The number of carbonyl (C=O) groups is 2. The molecule has 0 atom stereocenters. The Morgan fingerprint density at radius 2 is 1.17 bits per heavy atom. The molecule has 0 aromatic rings.